The third-order valence-corrected chi connectivity index (χ3v) is 3.65. The molecule has 6 nitrogen and oxygen atoms in total. The predicted molar refractivity (Wildman–Crippen MR) is 85.8 cm³/mol. The second-order valence-corrected chi connectivity index (χ2v) is 5.67. The lowest BCUT2D eigenvalue weighted by Gasteiger charge is -2.17. The molecule has 5 N–H and O–H groups in total. The minimum atomic E-state index is -0.688. The third-order valence-electron chi connectivity index (χ3n) is 3.65. The Kier molecular flexibility index (Phi) is 11.1. The first kappa shape index (κ1) is 20.0. The van der Waals surface area contributed by atoms with Crippen LogP contribution in [0.3, 0.4) is 0 Å². The van der Waals surface area contributed by atoms with Gasteiger partial charge in [-0.25, -0.2) is 0 Å². The van der Waals surface area contributed by atoms with Gasteiger partial charge in [0.15, 0.2) is 5.78 Å². The predicted octanol–water partition coefficient (Wildman–Crippen LogP) is 0.106. The van der Waals surface area contributed by atoms with Crippen molar-refractivity contribution in [2.75, 3.05) is 33.2 Å². The van der Waals surface area contributed by atoms with Crippen molar-refractivity contribution in [2.45, 2.75) is 45.6 Å². The van der Waals surface area contributed by atoms with Crippen molar-refractivity contribution in [2.24, 2.45) is 17.4 Å². The fourth-order valence-electron chi connectivity index (χ4n) is 1.99. The van der Waals surface area contributed by atoms with Crippen molar-refractivity contribution in [1.29, 1.82) is 0 Å². The lowest BCUT2D eigenvalue weighted by Crippen LogP contribution is -2.40. The van der Waals surface area contributed by atoms with Crippen molar-refractivity contribution in [3.05, 3.63) is 0 Å². The SMILES string of the molecule is CCC(C)C(=O)C(N)CC(=O)NCCCN(C)CCCN. The first-order valence-corrected chi connectivity index (χ1v) is 7.86. The molecular formula is C15H32N4O2. The van der Waals surface area contributed by atoms with Crippen LogP contribution < -0.4 is 16.8 Å². The molecule has 124 valence electrons. The van der Waals surface area contributed by atoms with E-state index in [0.29, 0.717) is 13.1 Å². The van der Waals surface area contributed by atoms with E-state index in [4.69, 9.17) is 11.5 Å². The first-order chi connectivity index (χ1) is 9.92. The molecule has 0 heterocycles. The molecule has 0 aromatic carbocycles. The highest BCUT2D eigenvalue weighted by molar-refractivity contribution is 5.90. The highest BCUT2D eigenvalue weighted by atomic mass is 16.2. The Morgan fingerprint density at radius 1 is 1.24 bits per heavy atom. The molecule has 0 fully saturated rings. The normalized spacial score (nSPS) is 14.0. The third kappa shape index (κ3) is 9.55. The lowest BCUT2D eigenvalue weighted by molar-refractivity contribution is -0.128. The number of hydrogen-bond acceptors (Lipinski definition) is 5. The Morgan fingerprint density at radius 3 is 2.43 bits per heavy atom. The van der Waals surface area contributed by atoms with Gasteiger partial charge in [-0.3, -0.25) is 9.59 Å². The van der Waals surface area contributed by atoms with Crippen LogP contribution in [0, 0.1) is 5.92 Å². The second-order valence-electron chi connectivity index (χ2n) is 5.67. The zero-order valence-electron chi connectivity index (χ0n) is 13.7. The molecular weight excluding hydrogens is 268 g/mol. The summed E-state index contributed by atoms with van der Waals surface area (Å²) in [6.07, 6.45) is 2.69. The molecule has 0 bridgehead atoms. The molecule has 2 unspecified atom stereocenters. The van der Waals surface area contributed by atoms with E-state index in [9.17, 15) is 9.59 Å². The van der Waals surface area contributed by atoms with Gasteiger partial charge in [0.1, 0.15) is 0 Å². The monoisotopic (exact) mass is 300 g/mol. The minimum Gasteiger partial charge on any atom is -0.356 e. The molecule has 0 aliphatic heterocycles. The topological polar surface area (TPSA) is 101 Å². The minimum absolute atomic E-state index is 0.0332. The number of carbonyl (C=O) groups is 2. The van der Waals surface area contributed by atoms with Gasteiger partial charge in [0.2, 0.25) is 5.91 Å². The van der Waals surface area contributed by atoms with Crippen LogP contribution in [0.1, 0.15) is 39.5 Å². The van der Waals surface area contributed by atoms with E-state index in [2.05, 4.69) is 10.2 Å². The Hall–Kier alpha value is -0.980. The van der Waals surface area contributed by atoms with Crippen LogP contribution in [0.2, 0.25) is 0 Å². The Morgan fingerprint density at radius 2 is 1.86 bits per heavy atom. The summed E-state index contributed by atoms with van der Waals surface area (Å²) in [7, 11) is 2.04. The zero-order valence-corrected chi connectivity index (χ0v) is 13.7. The van der Waals surface area contributed by atoms with Gasteiger partial charge in [-0.15, -0.1) is 0 Å². The summed E-state index contributed by atoms with van der Waals surface area (Å²) in [6, 6.07) is -0.688. The molecule has 0 aromatic heterocycles. The largest absolute Gasteiger partial charge is 0.356 e. The van der Waals surface area contributed by atoms with Gasteiger partial charge in [-0.1, -0.05) is 13.8 Å². The fraction of sp³-hybridized carbons (Fsp3) is 0.867. The number of amides is 1. The quantitative estimate of drug-likeness (QED) is 0.444. The van der Waals surface area contributed by atoms with E-state index >= 15 is 0 Å². The summed E-state index contributed by atoms with van der Waals surface area (Å²) >= 11 is 0. The molecule has 0 saturated carbocycles. The number of hydrogen-bond donors (Lipinski definition) is 3. The van der Waals surface area contributed by atoms with E-state index in [1.165, 1.54) is 0 Å². The molecule has 21 heavy (non-hydrogen) atoms. The zero-order chi connectivity index (χ0) is 16.3. The number of nitrogens with two attached hydrogens (primary N) is 2. The summed E-state index contributed by atoms with van der Waals surface area (Å²) in [5.41, 5.74) is 11.2. The summed E-state index contributed by atoms with van der Waals surface area (Å²) in [4.78, 5) is 25.7. The van der Waals surface area contributed by atoms with Gasteiger partial charge in [-0.2, -0.15) is 0 Å². The number of rotatable bonds is 12. The van der Waals surface area contributed by atoms with E-state index in [-0.39, 0.29) is 24.0 Å². The highest BCUT2D eigenvalue weighted by Crippen LogP contribution is 2.06. The number of ketones is 1. The first-order valence-electron chi connectivity index (χ1n) is 7.86. The maximum atomic E-state index is 11.8. The average Bonchev–Trinajstić information content (AvgIpc) is 2.47. The summed E-state index contributed by atoms with van der Waals surface area (Å²) < 4.78 is 0. The Bertz CT molecular complexity index is 310. The van der Waals surface area contributed by atoms with Crippen LogP contribution in [0.4, 0.5) is 0 Å². The molecule has 0 aliphatic carbocycles. The number of nitrogens with zero attached hydrogens (tertiary/aromatic N) is 1. The lowest BCUT2D eigenvalue weighted by atomic mass is 9.96. The molecule has 0 radical (unpaired) electrons. The maximum absolute atomic E-state index is 11.8. The van der Waals surface area contributed by atoms with Crippen LogP contribution in [0.5, 0.6) is 0 Å². The van der Waals surface area contributed by atoms with Crippen molar-refractivity contribution in [3.8, 4) is 0 Å². The van der Waals surface area contributed by atoms with Gasteiger partial charge in [-0.05, 0) is 45.9 Å². The molecule has 0 rings (SSSR count). The van der Waals surface area contributed by atoms with E-state index in [0.717, 1.165) is 32.4 Å². The molecule has 0 aromatic rings. The van der Waals surface area contributed by atoms with Crippen molar-refractivity contribution < 1.29 is 9.59 Å². The fourth-order valence-corrected chi connectivity index (χ4v) is 1.99. The Labute approximate surface area is 128 Å². The number of Topliss-reactive ketones (excluding diaryl/α,β-unsaturated/α-hetero) is 1. The molecule has 0 saturated heterocycles. The summed E-state index contributed by atoms with van der Waals surface area (Å²) in [5.74, 6) is -0.262. The van der Waals surface area contributed by atoms with Gasteiger partial charge >= 0.3 is 0 Å². The van der Waals surface area contributed by atoms with Crippen molar-refractivity contribution >= 4 is 11.7 Å². The van der Waals surface area contributed by atoms with Gasteiger partial charge in [0, 0.05) is 18.9 Å². The van der Waals surface area contributed by atoms with E-state index in [1.54, 1.807) is 0 Å². The molecule has 0 spiro atoms. The van der Waals surface area contributed by atoms with Crippen molar-refractivity contribution in [1.82, 2.24) is 10.2 Å². The molecule has 0 aliphatic rings. The van der Waals surface area contributed by atoms with E-state index < -0.39 is 6.04 Å². The average molecular weight is 300 g/mol. The van der Waals surface area contributed by atoms with Crippen LogP contribution in [0.15, 0.2) is 0 Å². The second kappa shape index (κ2) is 11.7. The van der Waals surface area contributed by atoms with Crippen LogP contribution in [-0.2, 0) is 9.59 Å². The van der Waals surface area contributed by atoms with Crippen LogP contribution >= 0.6 is 0 Å². The summed E-state index contributed by atoms with van der Waals surface area (Å²) in [6.45, 7) is 6.98. The van der Waals surface area contributed by atoms with Gasteiger partial charge < -0.3 is 21.7 Å². The standard InChI is InChI=1S/C15H32N4O2/c1-4-12(2)15(21)13(17)11-14(20)18-8-6-10-19(3)9-5-7-16/h12-13H,4-11,16-17H2,1-3H3,(H,18,20). The van der Waals surface area contributed by atoms with Gasteiger partial charge in [0.05, 0.1) is 6.04 Å². The van der Waals surface area contributed by atoms with Crippen LogP contribution in [0.25, 0.3) is 0 Å². The highest BCUT2D eigenvalue weighted by Gasteiger charge is 2.21. The maximum Gasteiger partial charge on any atom is 0.222 e. The van der Waals surface area contributed by atoms with Crippen LogP contribution in [-0.4, -0.2) is 55.9 Å². The molecule has 2 atom stereocenters. The Balaban J connectivity index is 3.78. The number of nitrogens with one attached hydrogen (secondary N) is 1. The molecule has 1 amide bonds. The van der Waals surface area contributed by atoms with Gasteiger partial charge in [0.25, 0.3) is 0 Å². The molecule has 6 heteroatoms. The van der Waals surface area contributed by atoms with E-state index in [1.807, 2.05) is 20.9 Å². The summed E-state index contributed by atoms with van der Waals surface area (Å²) in [5, 5.41) is 2.81. The number of carbonyl (C=O) groups excluding carboxylic acids is 2. The smallest absolute Gasteiger partial charge is 0.222 e. The van der Waals surface area contributed by atoms with Crippen molar-refractivity contribution in [3.63, 3.8) is 0 Å².